The molecule has 1 aromatic carbocycles. The zero-order chi connectivity index (χ0) is 20.3. The van der Waals surface area contributed by atoms with E-state index in [1.807, 2.05) is 18.7 Å². The summed E-state index contributed by atoms with van der Waals surface area (Å²) in [5, 5.41) is 15.8. The smallest absolute Gasteiger partial charge is 0.119 e. The average Bonchev–Trinajstić information content (AvgIpc) is 3.17. The van der Waals surface area contributed by atoms with Gasteiger partial charge in [-0.2, -0.15) is 5.10 Å². The number of hydrogen-bond donors (Lipinski definition) is 1. The molecule has 1 heterocycles. The highest BCUT2D eigenvalue weighted by atomic mass is 16.5. The van der Waals surface area contributed by atoms with Gasteiger partial charge < -0.3 is 9.84 Å². The van der Waals surface area contributed by atoms with Crippen LogP contribution < -0.4 is 4.74 Å². The lowest BCUT2D eigenvalue weighted by Crippen LogP contribution is -2.44. The third-order valence-electron chi connectivity index (χ3n) is 8.20. The minimum atomic E-state index is -0.342. The normalized spacial score (nSPS) is 34.6. The van der Waals surface area contributed by atoms with Crippen molar-refractivity contribution >= 4 is 6.08 Å². The summed E-state index contributed by atoms with van der Waals surface area (Å²) in [4.78, 5) is 0. The summed E-state index contributed by atoms with van der Waals surface area (Å²) in [5.41, 5.74) is 6.36. The van der Waals surface area contributed by atoms with Crippen molar-refractivity contribution in [2.75, 3.05) is 7.11 Å². The third kappa shape index (κ3) is 2.87. The van der Waals surface area contributed by atoms with Gasteiger partial charge in [-0.1, -0.05) is 13.0 Å². The fourth-order valence-electron chi connectivity index (χ4n) is 6.64. The second-order valence-corrected chi connectivity index (χ2v) is 9.69. The van der Waals surface area contributed by atoms with Crippen molar-refractivity contribution in [2.45, 2.75) is 58.0 Å². The van der Waals surface area contributed by atoms with E-state index in [2.05, 4.69) is 42.5 Å². The number of rotatable bonds is 2. The molecule has 1 aromatic heterocycles. The van der Waals surface area contributed by atoms with Gasteiger partial charge in [0.2, 0.25) is 0 Å². The molecule has 3 aliphatic carbocycles. The highest BCUT2D eigenvalue weighted by Gasteiger charge is 2.56. The summed E-state index contributed by atoms with van der Waals surface area (Å²) in [6.45, 7) is 4.38. The van der Waals surface area contributed by atoms with Gasteiger partial charge in [0.15, 0.2) is 0 Å². The Hall–Kier alpha value is -2.07. The fourth-order valence-corrected chi connectivity index (χ4v) is 6.64. The van der Waals surface area contributed by atoms with Gasteiger partial charge in [0, 0.05) is 24.2 Å². The van der Waals surface area contributed by atoms with E-state index in [1.54, 1.807) is 7.11 Å². The van der Waals surface area contributed by atoms with E-state index in [9.17, 15) is 5.11 Å². The van der Waals surface area contributed by atoms with Crippen molar-refractivity contribution in [1.82, 2.24) is 9.78 Å². The van der Waals surface area contributed by atoms with Crippen LogP contribution in [0, 0.1) is 24.2 Å². The zero-order valence-corrected chi connectivity index (χ0v) is 18.0. The molecule has 4 heteroatoms. The Morgan fingerprint density at radius 2 is 2.14 bits per heavy atom. The number of fused-ring (bicyclic) bond motifs is 5. The van der Waals surface area contributed by atoms with Crippen molar-refractivity contribution in [1.29, 1.82) is 0 Å². The Labute approximate surface area is 173 Å². The van der Waals surface area contributed by atoms with Gasteiger partial charge in [-0.25, -0.2) is 0 Å². The Balaban J connectivity index is 1.47. The van der Waals surface area contributed by atoms with Crippen LogP contribution in [-0.4, -0.2) is 28.1 Å². The van der Waals surface area contributed by atoms with Crippen LogP contribution in [0.2, 0.25) is 0 Å². The monoisotopic (exact) mass is 392 g/mol. The minimum absolute atomic E-state index is 0.00686. The standard InChI is InChI=1S/C25H32N2O2/c1-15-18(14-27(3)26-15)11-17-13-23-22-7-5-16-12-19(29-4)6-8-20(16)21(22)9-10-25(23,2)24(17)28/h6,8,11-12,14,21-24,28H,5,7,9-10,13H2,1-4H3/b17-11+/t21-,22-,23-,24-,25+/m1/s1. The molecular weight excluding hydrogens is 360 g/mol. The van der Waals surface area contributed by atoms with Crippen molar-refractivity contribution in [2.24, 2.45) is 24.3 Å². The van der Waals surface area contributed by atoms with E-state index in [4.69, 9.17) is 4.74 Å². The third-order valence-corrected chi connectivity index (χ3v) is 8.20. The molecule has 5 rings (SSSR count). The van der Waals surface area contributed by atoms with Crippen LogP contribution >= 0.6 is 0 Å². The second-order valence-electron chi connectivity index (χ2n) is 9.69. The number of aliphatic hydroxyl groups is 1. The Morgan fingerprint density at radius 1 is 1.31 bits per heavy atom. The molecule has 0 bridgehead atoms. The van der Waals surface area contributed by atoms with Crippen LogP contribution in [-0.2, 0) is 13.5 Å². The molecule has 4 nitrogen and oxygen atoms in total. The SMILES string of the molecule is COc1ccc2c(c1)CC[C@@H]1[C@@H]2CC[C@]2(C)[C@H](O)/C(=C/c3cn(C)nc3C)C[C@H]12. The predicted molar refractivity (Wildman–Crippen MR) is 115 cm³/mol. The van der Waals surface area contributed by atoms with Crippen molar-refractivity contribution in [3.63, 3.8) is 0 Å². The van der Waals surface area contributed by atoms with E-state index < -0.39 is 0 Å². The number of aryl methyl sites for hydroxylation is 3. The lowest BCUT2D eigenvalue weighted by atomic mass is 9.55. The molecule has 29 heavy (non-hydrogen) atoms. The molecule has 1 N–H and O–H groups in total. The number of ether oxygens (including phenoxy) is 1. The van der Waals surface area contributed by atoms with Crippen LogP contribution in [0.25, 0.3) is 6.08 Å². The average molecular weight is 393 g/mol. The number of aromatic nitrogens is 2. The number of aliphatic hydroxyl groups excluding tert-OH is 1. The number of nitrogens with zero attached hydrogens (tertiary/aromatic N) is 2. The maximum absolute atomic E-state index is 11.3. The summed E-state index contributed by atoms with van der Waals surface area (Å²) < 4.78 is 7.31. The lowest BCUT2D eigenvalue weighted by molar-refractivity contribution is -0.0158. The Kier molecular flexibility index (Phi) is 4.39. The molecular formula is C25H32N2O2. The summed E-state index contributed by atoms with van der Waals surface area (Å²) in [6.07, 6.45) is 9.56. The number of benzene rings is 1. The molecule has 0 aliphatic heterocycles. The molecule has 0 unspecified atom stereocenters. The molecule has 0 radical (unpaired) electrons. The molecule has 5 atom stereocenters. The molecule has 2 fully saturated rings. The molecule has 2 aromatic rings. The van der Waals surface area contributed by atoms with Crippen LogP contribution in [0.5, 0.6) is 5.75 Å². The van der Waals surface area contributed by atoms with E-state index in [0.29, 0.717) is 17.8 Å². The van der Waals surface area contributed by atoms with Crippen molar-refractivity contribution in [3.8, 4) is 5.75 Å². The number of methoxy groups -OCH3 is 1. The quantitative estimate of drug-likeness (QED) is 0.809. The second kappa shape index (κ2) is 6.73. The van der Waals surface area contributed by atoms with E-state index >= 15 is 0 Å². The first kappa shape index (κ1) is 18.9. The van der Waals surface area contributed by atoms with Crippen LogP contribution in [0.1, 0.15) is 60.9 Å². The minimum Gasteiger partial charge on any atom is -0.497 e. The van der Waals surface area contributed by atoms with Gasteiger partial charge in [-0.05, 0) is 91.7 Å². The van der Waals surface area contributed by atoms with Gasteiger partial charge in [-0.3, -0.25) is 4.68 Å². The topological polar surface area (TPSA) is 47.3 Å². The molecule has 0 saturated heterocycles. The molecule has 3 aliphatic rings. The first-order valence-electron chi connectivity index (χ1n) is 11.0. The summed E-state index contributed by atoms with van der Waals surface area (Å²) in [7, 11) is 3.71. The maximum Gasteiger partial charge on any atom is 0.119 e. The first-order valence-corrected chi connectivity index (χ1v) is 11.0. The Bertz CT molecular complexity index is 975. The van der Waals surface area contributed by atoms with Crippen molar-refractivity contribution in [3.05, 3.63) is 52.4 Å². The van der Waals surface area contributed by atoms with Crippen LogP contribution in [0.4, 0.5) is 0 Å². The zero-order valence-electron chi connectivity index (χ0n) is 18.0. The maximum atomic E-state index is 11.3. The fraction of sp³-hybridized carbons (Fsp3) is 0.560. The van der Waals surface area contributed by atoms with Gasteiger partial charge in [0.1, 0.15) is 5.75 Å². The highest BCUT2D eigenvalue weighted by Crippen LogP contribution is 2.62. The largest absolute Gasteiger partial charge is 0.497 e. The van der Waals surface area contributed by atoms with Gasteiger partial charge >= 0.3 is 0 Å². The lowest BCUT2D eigenvalue weighted by Gasteiger charge is -2.49. The molecule has 0 spiro atoms. The van der Waals surface area contributed by atoms with Crippen LogP contribution in [0.15, 0.2) is 30.0 Å². The van der Waals surface area contributed by atoms with E-state index in [-0.39, 0.29) is 11.5 Å². The summed E-state index contributed by atoms with van der Waals surface area (Å²) >= 11 is 0. The van der Waals surface area contributed by atoms with E-state index in [0.717, 1.165) is 36.3 Å². The predicted octanol–water partition coefficient (Wildman–Crippen LogP) is 4.65. The first-order chi connectivity index (χ1) is 13.9. The number of hydrogen-bond acceptors (Lipinski definition) is 3. The van der Waals surface area contributed by atoms with Gasteiger partial charge in [0.25, 0.3) is 0 Å². The van der Waals surface area contributed by atoms with Gasteiger partial charge in [-0.15, -0.1) is 0 Å². The highest BCUT2D eigenvalue weighted by molar-refractivity contribution is 5.57. The van der Waals surface area contributed by atoms with Crippen LogP contribution in [0.3, 0.4) is 0 Å². The van der Waals surface area contributed by atoms with Crippen molar-refractivity contribution < 1.29 is 9.84 Å². The molecule has 0 amide bonds. The Morgan fingerprint density at radius 3 is 2.86 bits per heavy atom. The van der Waals surface area contributed by atoms with Gasteiger partial charge in [0.05, 0.1) is 18.9 Å². The molecule has 2 saturated carbocycles. The molecule has 154 valence electrons. The van der Waals surface area contributed by atoms with E-state index in [1.165, 1.54) is 29.5 Å². The summed E-state index contributed by atoms with van der Waals surface area (Å²) in [5.74, 6) is 2.80. The summed E-state index contributed by atoms with van der Waals surface area (Å²) in [6, 6.07) is 6.66.